The predicted octanol–water partition coefficient (Wildman–Crippen LogP) is -1.72. The van der Waals surface area contributed by atoms with E-state index in [4.69, 9.17) is 5.73 Å². The summed E-state index contributed by atoms with van der Waals surface area (Å²) < 4.78 is 13.5. The highest BCUT2D eigenvalue weighted by Crippen LogP contribution is 2.25. The zero-order chi connectivity index (χ0) is 19.0. The van der Waals surface area contributed by atoms with Crippen LogP contribution in [0.3, 0.4) is 0 Å². The molecule has 3 saturated heterocycles. The third-order valence-corrected chi connectivity index (χ3v) is 6.02. The van der Waals surface area contributed by atoms with Crippen molar-refractivity contribution >= 4 is 11.7 Å². The van der Waals surface area contributed by atoms with Crippen LogP contribution in [0.2, 0.25) is 0 Å². The summed E-state index contributed by atoms with van der Waals surface area (Å²) in [6.45, 7) is 6.65. The Bertz CT molecular complexity index is 640. The third kappa shape index (κ3) is 3.59. The van der Waals surface area contributed by atoms with E-state index in [2.05, 4.69) is 38.2 Å². The van der Waals surface area contributed by atoms with Gasteiger partial charge in [0.1, 0.15) is 17.6 Å². The summed E-state index contributed by atoms with van der Waals surface area (Å²) in [6, 6.07) is 0.446. The van der Waals surface area contributed by atoms with Crippen LogP contribution in [0.4, 0.5) is 4.39 Å². The summed E-state index contributed by atoms with van der Waals surface area (Å²) in [6.07, 6.45) is 1.70. The van der Waals surface area contributed by atoms with Crippen LogP contribution >= 0.6 is 0 Å². The van der Waals surface area contributed by atoms with Gasteiger partial charge < -0.3 is 21.7 Å². The van der Waals surface area contributed by atoms with E-state index in [9.17, 15) is 9.18 Å². The van der Waals surface area contributed by atoms with Crippen molar-refractivity contribution in [2.45, 2.75) is 31.6 Å². The Morgan fingerprint density at radius 3 is 3.11 bits per heavy atom. The molecule has 4 heterocycles. The predicted molar refractivity (Wildman–Crippen MR) is 99.9 cm³/mol. The van der Waals surface area contributed by atoms with Crippen LogP contribution in [0.5, 0.6) is 0 Å². The molecule has 3 fully saturated rings. The van der Waals surface area contributed by atoms with Crippen molar-refractivity contribution < 1.29 is 9.18 Å². The molecule has 1 amide bonds. The number of likely N-dealkylation sites (N-methyl/N-ethyl adjacent to an activating group) is 1. The molecule has 0 aromatic carbocycles. The zero-order valence-electron chi connectivity index (χ0n) is 15.6. The van der Waals surface area contributed by atoms with Crippen molar-refractivity contribution in [3.05, 3.63) is 12.0 Å². The lowest BCUT2D eigenvalue weighted by atomic mass is 9.85. The molecule has 10 heteroatoms. The van der Waals surface area contributed by atoms with E-state index >= 15 is 0 Å². The maximum absolute atomic E-state index is 13.5. The number of hydrogen-bond acceptors (Lipinski definition) is 8. The van der Waals surface area contributed by atoms with Crippen molar-refractivity contribution in [1.82, 2.24) is 31.3 Å². The standard InChI is InChI=1S/C17H29FN8O/c1-2-25-9-21-7-13(25)11-3-4-20-6-12(11)23-17(27)14-15(19)24-26-8-10(18)5-22-16(14)26/h8,11-15,20-21,24H,2-7,9,19H2,1H3,(H,23,27). The van der Waals surface area contributed by atoms with E-state index in [0.717, 1.165) is 39.3 Å². The highest BCUT2D eigenvalue weighted by atomic mass is 19.1. The Balaban J connectivity index is 1.46. The van der Waals surface area contributed by atoms with Crippen LogP contribution in [-0.4, -0.2) is 79.3 Å². The molecule has 9 nitrogen and oxygen atoms in total. The van der Waals surface area contributed by atoms with E-state index < -0.39 is 12.1 Å². The van der Waals surface area contributed by atoms with Crippen LogP contribution in [0, 0.1) is 11.8 Å². The van der Waals surface area contributed by atoms with Crippen molar-refractivity contribution in [2.75, 3.05) is 39.4 Å². The smallest absolute Gasteiger partial charge is 0.234 e. The van der Waals surface area contributed by atoms with Gasteiger partial charge in [-0.1, -0.05) is 6.92 Å². The number of carbonyl (C=O) groups excluding carboxylic acids is 1. The molecule has 27 heavy (non-hydrogen) atoms. The monoisotopic (exact) mass is 380 g/mol. The molecular weight excluding hydrogens is 351 g/mol. The Morgan fingerprint density at radius 1 is 1.44 bits per heavy atom. The highest BCUT2D eigenvalue weighted by Gasteiger charge is 2.44. The van der Waals surface area contributed by atoms with E-state index in [1.807, 2.05) is 0 Å². The summed E-state index contributed by atoms with van der Waals surface area (Å²) in [7, 11) is 0. The van der Waals surface area contributed by atoms with Gasteiger partial charge >= 0.3 is 0 Å². The molecule has 4 rings (SSSR count). The number of nitrogens with two attached hydrogens (primary N) is 1. The fraction of sp³-hybridized carbons (Fsp3) is 0.765. The molecule has 0 spiro atoms. The normalized spacial score (nSPS) is 37.0. The molecule has 6 N–H and O–H groups in total. The van der Waals surface area contributed by atoms with Crippen molar-refractivity contribution in [3.8, 4) is 0 Å². The molecule has 0 bridgehead atoms. The van der Waals surface area contributed by atoms with E-state index in [0.29, 0.717) is 17.8 Å². The molecule has 0 aromatic rings. The van der Waals surface area contributed by atoms with Crippen LogP contribution in [0.1, 0.15) is 13.3 Å². The minimum atomic E-state index is -0.624. The van der Waals surface area contributed by atoms with Crippen LogP contribution in [0.25, 0.3) is 0 Å². The molecule has 0 aromatic heterocycles. The molecule has 150 valence electrons. The summed E-state index contributed by atoms with van der Waals surface area (Å²) in [5.41, 5.74) is 9.02. The fourth-order valence-corrected chi connectivity index (χ4v) is 4.65. The SMILES string of the molecule is CCN1CNCC1C1CCNCC1NC(=O)C1C2=NCC(F)=CN2NC1N. The summed E-state index contributed by atoms with van der Waals surface area (Å²) >= 11 is 0. The first-order valence-electron chi connectivity index (χ1n) is 9.76. The largest absolute Gasteiger partial charge is 0.351 e. The van der Waals surface area contributed by atoms with E-state index in [1.54, 1.807) is 0 Å². The quantitative estimate of drug-likeness (QED) is 0.395. The van der Waals surface area contributed by atoms with Gasteiger partial charge in [-0.2, -0.15) is 0 Å². The molecule has 0 saturated carbocycles. The second-order valence-electron chi connectivity index (χ2n) is 7.61. The first kappa shape index (κ1) is 18.8. The Hall–Kier alpha value is -1.59. The average Bonchev–Trinajstić information content (AvgIpc) is 3.24. The first-order valence-corrected chi connectivity index (χ1v) is 9.76. The Labute approximate surface area is 158 Å². The van der Waals surface area contributed by atoms with Gasteiger partial charge in [-0.3, -0.25) is 19.7 Å². The fourth-order valence-electron chi connectivity index (χ4n) is 4.65. The third-order valence-electron chi connectivity index (χ3n) is 6.02. The summed E-state index contributed by atoms with van der Waals surface area (Å²) in [4.78, 5) is 19.7. The molecule has 0 aliphatic carbocycles. The molecule has 5 unspecified atom stereocenters. The number of aliphatic imine (C=N–C) groups is 1. The zero-order valence-corrected chi connectivity index (χ0v) is 15.6. The number of hydrazine groups is 1. The second kappa shape index (κ2) is 7.80. The van der Waals surface area contributed by atoms with Crippen molar-refractivity contribution in [1.29, 1.82) is 0 Å². The van der Waals surface area contributed by atoms with E-state index in [-0.39, 0.29) is 24.3 Å². The maximum Gasteiger partial charge on any atom is 0.234 e. The van der Waals surface area contributed by atoms with Gasteiger partial charge in [0.2, 0.25) is 5.91 Å². The van der Waals surface area contributed by atoms with Crippen LogP contribution in [0.15, 0.2) is 17.0 Å². The molecule has 4 aliphatic rings. The number of halogens is 1. The number of nitrogens with zero attached hydrogens (tertiary/aromatic N) is 3. The Kier molecular flexibility index (Phi) is 5.42. The molecule has 5 atom stereocenters. The molecular formula is C17H29FN8O. The minimum absolute atomic E-state index is 0.0305. The second-order valence-corrected chi connectivity index (χ2v) is 7.61. The number of amidine groups is 1. The number of rotatable bonds is 4. The number of piperidine rings is 1. The number of nitrogens with one attached hydrogen (secondary N) is 4. The maximum atomic E-state index is 13.5. The minimum Gasteiger partial charge on any atom is -0.351 e. The molecule has 0 radical (unpaired) electrons. The average molecular weight is 380 g/mol. The molecule has 4 aliphatic heterocycles. The van der Waals surface area contributed by atoms with Gasteiger partial charge in [0, 0.05) is 31.8 Å². The number of amides is 1. The topological polar surface area (TPSA) is 110 Å². The van der Waals surface area contributed by atoms with E-state index in [1.165, 1.54) is 11.2 Å². The van der Waals surface area contributed by atoms with Gasteiger partial charge in [-0.15, -0.1) is 0 Å². The van der Waals surface area contributed by atoms with Crippen molar-refractivity contribution in [2.24, 2.45) is 22.6 Å². The lowest BCUT2D eigenvalue weighted by molar-refractivity contribution is -0.124. The number of fused-ring (bicyclic) bond motifs is 1. The van der Waals surface area contributed by atoms with Gasteiger partial charge in [0.25, 0.3) is 0 Å². The van der Waals surface area contributed by atoms with Crippen LogP contribution < -0.4 is 27.1 Å². The summed E-state index contributed by atoms with van der Waals surface area (Å²) in [5, 5.41) is 11.5. The Morgan fingerprint density at radius 2 is 2.30 bits per heavy atom. The lowest BCUT2D eigenvalue weighted by Gasteiger charge is -2.39. The van der Waals surface area contributed by atoms with Gasteiger partial charge in [0.05, 0.1) is 18.9 Å². The van der Waals surface area contributed by atoms with Gasteiger partial charge in [-0.25, -0.2) is 9.82 Å². The van der Waals surface area contributed by atoms with Crippen LogP contribution in [-0.2, 0) is 4.79 Å². The van der Waals surface area contributed by atoms with Gasteiger partial charge in [-0.05, 0) is 25.4 Å². The highest BCUT2D eigenvalue weighted by molar-refractivity contribution is 6.05. The lowest BCUT2D eigenvalue weighted by Crippen LogP contribution is -2.59. The summed E-state index contributed by atoms with van der Waals surface area (Å²) in [5.74, 6) is -0.276. The number of hydrogen-bond donors (Lipinski definition) is 5. The van der Waals surface area contributed by atoms with Crippen molar-refractivity contribution in [3.63, 3.8) is 0 Å². The number of carbonyl (C=O) groups is 1. The van der Waals surface area contributed by atoms with Gasteiger partial charge in [0.15, 0.2) is 0 Å². The first-order chi connectivity index (χ1) is 13.1.